The first-order valence-electron chi connectivity index (χ1n) is 11.4. The second kappa shape index (κ2) is 7.28. The van der Waals surface area contributed by atoms with Crippen LogP contribution in [0.15, 0.2) is 83.6 Å². The monoisotopic (exact) mass is 486 g/mol. The van der Waals surface area contributed by atoms with Gasteiger partial charge in [-0.2, -0.15) is 0 Å². The lowest BCUT2D eigenvalue weighted by molar-refractivity contribution is -0.120. The second-order valence-electron chi connectivity index (χ2n) is 9.30. The Hall–Kier alpha value is -2.93. The first-order valence-corrected chi connectivity index (χ1v) is 13.2. The van der Waals surface area contributed by atoms with Gasteiger partial charge in [0, 0.05) is 33.1 Å². The van der Waals surface area contributed by atoms with Crippen LogP contribution in [0.25, 0.3) is 0 Å². The van der Waals surface area contributed by atoms with E-state index in [1.807, 2.05) is 66.0 Å². The number of hydrogen-bond donors (Lipinski definition) is 1. The van der Waals surface area contributed by atoms with Gasteiger partial charge in [-0.3, -0.25) is 4.79 Å². The molecule has 7 rings (SSSR count). The normalized spacial score (nSPS) is 31.3. The highest BCUT2D eigenvalue weighted by Gasteiger charge is 2.76. The first-order chi connectivity index (χ1) is 16.7. The number of carbonyl (C=O) groups excluding carboxylic acids is 1. The zero-order valence-electron chi connectivity index (χ0n) is 18.2. The molecule has 4 nitrogen and oxygen atoms in total. The van der Waals surface area contributed by atoms with Crippen molar-refractivity contribution < 1.29 is 19.4 Å². The van der Waals surface area contributed by atoms with Crippen LogP contribution in [0, 0.1) is 11.3 Å². The number of para-hydroxylation sites is 2. The fourth-order valence-electron chi connectivity index (χ4n) is 6.64. The van der Waals surface area contributed by atoms with Crippen LogP contribution < -0.4 is 9.47 Å². The van der Waals surface area contributed by atoms with Crippen molar-refractivity contribution in [1.82, 2.24) is 0 Å². The summed E-state index contributed by atoms with van der Waals surface area (Å²) in [5.41, 5.74) is -1.41. The van der Waals surface area contributed by atoms with E-state index >= 15 is 0 Å². The molecule has 2 aromatic heterocycles. The molecule has 3 aliphatic rings. The van der Waals surface area contributed by atoms with Gasteiger partial charge in [-0.25, -0.2) is 0 Å². The molecule has 0 saturated heterocycles. The molecule has 0 radical (unpaired) electrons. The van der Waals surface area contributed by atoms with Crippen molar-refractivity contribution in [2.45, 2.75) is 17.4 Å². The summed E-state index contributed by atoms with van der Waals surface area (Å²) in [6, 6.07) is 23.3. The molecule has 2 aliphatic heterocycles. The van der Waals surface area contributed by atoms with Crippen LogP contribution in [-0.4, -0.2) is 24.1 Å². The van der Waals surface area contributed by atoms with E-state index in [2.05, 4.69) is 17.5 Å². The van der Waals surface area contributed by atoms with Crippen molar-refractivity contribution in [1.29, 1.82) is 0 Å². The Morgan fingerprint density at radius 2 is 1.53 bits per heavy atom. The van der Waals surface area contributed by atoms with Gasteiger partial charge < -0.3 is 14.6 Å². The van der Waals surface area contributed by atoms with Crippen LogP contribution in [0.3, 0.4) is 0 Å². The molecule has 1 fully saturated rings. The van der Waals surface area contributed by atoms with Gasteiger partial charge in [0.2, 0.25) is 0 Å². The summed E-state index contributed by atoms with van der Waals surface area (Å²) in [4.78, 5) is 16.9. The summed E-state index contributed by atoms with van der Waals surface area (Å²) < 4.78 is 12.6. The predicted octanol–water partition coefficient (Wildman–Crippen LogP) is 5.85. The largest absolute Gasteiger partial charge is 0.493 e. The number of fused-ring (bicyclic) bond motifs is 5. The molecule has 0 bridgehead atoms. The van der Waals surface area contributed by atoms with E-state index in [0.29, 0.717) is 29.2 Å². The predicted molar refractivity (Wildman–Crippen MR) is 132 cm³/mol. The SMILES string of the molecule is O=C1c2ccccc2OC[C@@]12[C@H](c1cccs1)[C@@H](c1cccs1)[C@@H]1COc3ccccc3[C@@]12O. The van der Waals surface area contributed by atoms with Crippen LogP contribution in [0.1, 0.15) is 37.5 Å². The number of carbonyl (C=O) groups is 1. The summed E-state index contributed by atoms with van der Waals surface area (Å²) in [5.74, 6) is 0.542. The fraction of sp³-hybridized carbons (Fsp3) is 0.250. The van der Waals surface area contributed by atoms with Crippen LogP contribution in [-0.2, 0) is 5.60 Å². The highest BCUT2D eigenvalue weighted by Crippen LogP contribution is 2.72. The molecule has 6 heteroatoms. The smallest absolute Gasteiger partial charge is 0.180 e. The van der Waals surface area contributed by atoms with Crippen LogP contribution in [0.5, 0.6) is 11.5 Å². The maximum atomic E-state index is 14.7. The van der Waals surface area contributed by atoms with Crippen molar-refractivity contribution in [3.63, 3.8) is 0 Å². The molecule has 1 saturated carbocycles. The Bertz CT molecular complexity index is 1380. The van der Waals surface area contributed by atoms with E-state index < -0.39 is 11.0 Å². The van der Waals surface area contributed by atoms with Gasteiger partial charge in [0.1, 0.15) is 29.1 Å². The molecular formula is C28H22O4S2. The van der Waals surface area contributed by atoms with Gasteiger partial charge in [0.25, 0.3) is 0 Å². The minimum Gasteiger partial charge on any atom is -0.493 e. The lowest BCUT2D eigenvalue weighted by Gasteiger charge is -2.49. The third kappa shape index (κ3) is 2.43. The number of Topliss-reactive ketones (excluding diaryl/α,β-unsaturated/α-hetero) is 1. The molecule has 5 atom stereocenters. The first kappa shape index (κ1) is 20.4. The van der Waals surface area contributed by atoms with Gasteiger partial charge >= 0.3 is 0 Å². The molecule has 1 N–H and O–H groups in total. The number of rotatable bonds is 2. The summed E-state index contributed by atoms with van der Waals surface area (Å²) in [6.07, 6.45) is 0. The quantitative estimate of drug-likeness (QED) is 0.386. The molecule has 1 aliphatic carbocycles. The van der Waals surface area contributed by atoms with Gasteiger partial charge in [-0.15, -0.1) is 22.7 Å². The average molecular weight is 487 g/mol. The lowest BCUT2D eigenvalue weighted by Crippen LogP contribution is -2.59. The maximum absolute atomic E-state index is 14.7. The number of hydrogen-bond acceptors (Lipinski definition) is 6. The molecule has 4 heterocycles. The Kier molecular flexibility index (Phi) is 4.38. The average Bonchev–Trinajstić information content (AvgIpc) is 3.62. The highest BCUT2D eigenvalue weighted by atomic mass is 32.1. The van der Waals surface area contributed by atoms with Gasteiger partial charge in [0.15, 0.2) is 5.78 Å². The number of ketones is 1. The van der Waals surface area contributed by atoms with Crippen molar-refractivity contribution in [3.05, 3.63) is 104 Å². The van der Waals surface area contributed by atoms with Gasteiger partial charge in [-0.1, -0.05) is 42.5 Å². The zero-order valence-corrected chi connectivity index (χ0v) is 19.9. The topological polar surface area (TPSA) is 55.8 Å². The molecular weight excluding hydrogens is 464 g/mol. The van der Waals surface area contributed by atoms with Gasteiger partial charge in [0.05, 0.1) is 12.2 Å². The molecule has 1 spiro atoms. The summed E-state index contributed by atoms with van der Waals surface area (Å²) >= 11 is 3.32. The van der Waals surface area contributed by atoms with Gasteiger partial charge in [-0.05, 0) is 41.1 Å². The van der Waals surface area contributed by atoms with Crippen molar-refractivity contribution in [2.75, 3.05) is 13.2 Å². The molecule has 170 valence electrons. The molecule has 34 heavy (non-hydrogen) atoms. The zero-order chi connectivity index (χ0) is 22.9. The van der Waals surface area contributed by atoms with E-state index in [1.165, 1.54) is 0 Å². The van der Waals surface area contributed by atoms with Crippen LogP contribution in [0.4, 0.5) is 0 Å². The van der Waals surface area contributed by atoms with Crippen molar-refractivity contribution in [3.8, 4) is 11.5 Å². The van der Waals surface area contributed by atoms with E-state index in [4.69, 9.17) is 9.47 Å². The Morgan fingerprint density at radius 3 is 2.29 bits per heavy atom. The van der Waals surface area contributed by atoms with E-state index in [0.717, 1.165) is 9.75 Å². The number of ether oxygens (including phenoxy) is 2. The van der Waals surface area contributed by atoms with Crippen LogP contribution in [0.2, 0.25) is 0 Å². The minimum absolute atomic E-state index is 0.0454. The van der Waals surface area contributed by atoms with Crippen molar-refractivity contribution >= 4 is 28.5 Å². The Morgan fingerprint density at radius 1 is 0.824 bits per heavy atom. The van der Waals surface area contributed by atoms with E-state index in [1.54, 1.807) is 22.7 Å². The van der Waals surface area contributed by atoms with E-state index in [9.17, 15) is 9.90 Å². The third-order valence-electron chi connectivity index (χ3n) is 7.97. The summed E-state index contributed by atoms with van der Waals surface area (Å²) in [5, 5.41) is 17.1. The third-order valence-corrected chi connectivity index (χ3v) is 9.90. The summed E-state index contributed by atoms with van der Waals surface area (Å²) in [6.45, 7) is 0.462. The Balaban J connectivity index is 1.57. The fourth-order valence-corrected chi connectivity index (χ4v) is 8.54. The lowest BCUT2D eigenvalue weighted by atomic mass is 9.60. The number of aliphatic hydroxyl groups is 1. The van der Waals surface area contributed by atoms with Crippen molar-refractivity contribution in [2.24, 2.45) is 11.3 Å². The summed E-state index contributed by atoms with van der Waals surface area (Å²) in [7, 11) is 0. The van der Waals surface area contributed by atoms with E-state index in [-0.39, 0.29) is 30.1 Å². The molecule has 0 unspecified atom stereocenters. The minimum atomic E-state index is -1.45. The standard InChI is InChI=1S/C28H22O4S2/c29-26-17-7-1-3-9-20(17)32-16-27(26)25(23-12-6-14-34-23)24(22-11-5-13-33-22)19-15-31-21-10-4-2-8-18(21)28(19,27)30/h1-14,19,24-25,30H,15-16H2/t19-,24+,25+,27+,28+/m0/s1. The molecule has 2 aromatic carbocycles. The Labute approximate surface area is 205 Å². The van der Waals surface area contributed by atoms with Crippen LogP contribution >= 0.6 is 22.7 Å². The molecule has 4 aromatic rings. The second-order valence-corrected chi connectivity index (χ2v) is 11.3. The number of benzene rings is 2. The molecule has 0 amide bonds. The number of thiophene rings is 2. The maximum Gasteiger partial charge on any atom is 0.180 e. The highest BCUT2D eigenvalue weighted by molar-refractivity contribution is 7.10.